The van der Waals surface area contributed by atoms with Crippen LogP contribution < -0.4 is 10.1 Å². The van der Waals surface area contributed by atoms with Crippen molar-refractivity contribution in [1.82, 2.24) is 9.36 Å². The van der Waals surface area contributed by atoms with Crippen LogP contribution in [0.25, 0.3) is 0 Å². The lowest BCUT2D eigenvalue weighted by molar-refractivity contribution is 0.414. The van der Waals surface area contributed by atoms with Crippen LogP contribution in [0.3, 0.4) is 0 Å². The van der Waals surface area contributed by atoms with Gasteiger partial charge in [0.2, 0.25) is 5.13 Å². The Hall–Kier alpha value is -2.47. The smallest absolute Gasteiger partial charge is 0.202 e. The number of aromatic nitrogens is 2. The number of ether oxygens (including phenoxy) is 1. The lowest BCUT2D eigenvalue weighted by Gasteiger charge is -2.25. The van der Waals surface area contributed by atoms with Crippen molar-refractivity contribution in [2.24, 2.45) is 0 Å². The summed E-state index contributed by atoms with van der Waals surface area (Å²) in [5, 5.41) is 4.14. The fraction of sp³-hybridized carbons (Fsp3) is 0.300. The second-order valence-corrected chi connectivity index (χ2v) is 7.54. The Morgan fingerprint density at radius 1 is 1.15 bits per heavy atom. The number of halogens is 1. The van der Waals surface area contributed by atoms with E-state index in [2.05, 4.69) is 28.5 Å². The molecule has 0 spiro atoms. The zero-order valence-corrected chi connectivity index (χ0v) is 15.9. The summed E-state index contributed by atoms with van der Waals surface area (Å²) >= 11 is 1.35. The highest BCUT2D eigenvalue weighted by molar-refractivity contribution is 7.09. The molecule has 3 aromatic rings. The van der Waals surface area contributed by atoms with Gasteiger partial charge >= 0.3 is 0 Å². The quantitative estimate of drug-likeness (QED) is 0.656. The largest absolute Gasteiger partial charge is 0.497 e. The fourth-order valence-electron chi connectivity index (χ4n) is 2.66. The van der Waals surface area contributed by atoms with Gasteiger partial charge in [0.25, 0.3) is 0 Å². The Bertz CT molecular complexity index is 862. The molecule has 0 aliphatic heterocycles. The molecule has 1 heterocycles. The first-order valence-corrected chi connectivity index (χ1v) is 9.19. The van der Waals surface area contributed by atoms with Gasteiger partial charge in [-0.2, -0.15) is 4.37 Å². The van der Waals surface area contributed by atoms with Gasteiger partial charge < -0.3 is 10.1 Å². The van der Waals surface area contributed by atoms with Crippen molar-refractivity contribution in [2.45, 2.75) is 25.7 Å². The summed E-state index contributed by atoms with van der Waals surface area (Å²) < 4.78 is 22.8. The first kappa shape index (κ1) is 18.3. The molecule has 1 N–H and O–H groups in total. The van der Waals surface area contributed by atoms with E-state index in [9.17, 15) is 4.39 Å². The Kier molecular flexibility index (Phi) is 5.52. The Labute approximate surface area is 157 Å². The van der Waals surface area contributed by atoms with E-state index >= 15 is 0 Å². The Morgan fingerprint density at radius 3 is 2.65 bits per heavy atom. The van der Waals surface area contributed by atoms with E-state index in [1.165, 1.54) is 23.7 Å². The highest BCUT2D eigenvalue weighted by Crippen LogP contribution is 2.25. The van der Waals surface area contributed by atoms with Crippen LogP contribution in [0, 0.1) is 5.82 Å². The van der Waals surface area contributed by atoms with E-state index in [-0.39, 0.29) is 11.2 Å². The summed E-state index contributed by atoms with van der Waals surface area (Å²) in [7, 11) is 1.66. The number of benzene rings is 2. The van der Waals surface area contributed by atoms with Gasteiger partial charge in [-0.15, -0.1) is 0 Å². The van der Waals surface area contributed by atoms with Crippen LogP contribution in [0.15, 0.2) is 48.5 Å². The average Bonchev–Trinajstić information content (AvgIpc) is 3.08. The van der Waals surface area contributed by atoms with Crippen LogP contribution in [0.4, 0.5) is 9.52 Å². The van der Waals surface area contributed by atoms with Crippen LogP contribution >= 0.6 is 11.5 Å². The van der Waals surface area contributed by atoms with E-state index in [0.29, 0.717) is 13.0 Å². The second-order valence-electron chi connectivity index (χ2n) is 6.79. The Balaban J connectivity index is 1.62. The van der Waals surface area contributed by atoms with Crippen molar-refractivity contribution in [3.63, 3.8) is 0 Å². The molecule has 26 heavy (non-hydrogen) atoms. The number of hydrogen-bond acceptors (Lipinski definition) is 5. The predicted octanol–water partition coefficient (Wildman–Crippen LogP) is 4.67. The predicted molar refractivity (Wildman–Crippen MR) is 104 cm³/mol. The molecule has 6 heteroatoms. The maximum atomic E-state index is 13.1. The molecule has 0 radical (unpaired) electrons. The summed E-state index contributed by atoms with van der Waals surface area (Å²) in [5.41, 5.74) is 2.04. The van der Waals surface area contributed by atoms with Crippen molar-refractivity contribution in [2.75, 3.05) is 19.0 Å². The molecule has 0 amide bonds. The number of anilines is 1. The molecule has 0 saturated heterocycles. The molecule has 0 atom stereocenters. The number of nitrogens with one attached hydrogen (secondary N) is 1. The second kappa shape index (κ2) is 7.83. The zero-order valence-electron chi connectivity index (χ0n) is 15.1. The highest BCUT2D eigenvalue weighted by Gasteiger charge is 2.21. The molecule has 0 unspecified atom stereocenters. The van der Waals surface area contributed by atoms with Crippen molar-refractivity contribution < 1.29 is 9.13 Å². The summed E-state index contributed by atoms with van der Waals surface area (Å²) in [6.07, 6.45) is 0.663. The topological polar surface area (TPSA) is 47.0 Å². The molecular formula is C20H22FN3OS. The minimum absolute atomic E-state index is 0.146. The van der Waals surface area contributed by atoms with Gasteiger partial charge in [0.15, 0.2) is 0 Å². The van der Waals surface area contributed by atoms with Crippen molar-refractivity contribution in [1.29, 1.82) is 0 Å². The molecule has 0 aliphatic rings. The minimum Gasteiger partial charge on any atom is -0.497 e. The lowest BCUT2D eigenvalue weighted by Crippen LogP contribution is -2.27. The normalized spacial score (nSPS) is 11.4. The first-order chi connectivity index (χ1) is 12.5. The van der Waals surface area contributed by atoms with Gasteiger partial charge in [0.1, 0.15) is 17.4 Å². The molecule has 136 valence electrons. The molecule has 0 fully saturated rings. The van der Waals surface area contributed by atoms with Crippen LogP contribution in [-0.4, -0.2) is 23.0 Å². The van der Waals surface area contributed by atoms with Crippen LogP contribution in [0.5, 0.6) is 5.75 Å². The van der Waals surface area contributed by atoms with Gasteiger partial charge in [-0.05, 0) is 35.4 Å². The number of rotatable bonds is 7. The number of nitrogens with zero attached hydrogens (tertiary/aromatic N) is 2. The van der Waals surface area contributed by atoms with Crippen molar-refractivity contribution in [3.8, 4) is 5.75 Å². The third kappa shape index (κ3) is 4.58. The molecule has 0 aliphatic carbocycles. The minimum atomic E-state index is -0.219. The third-order valence-corrected chi connectivity index (χ3v) is 4.98. The van der Waals surface area contributed by atoms with Gasteiger partial charge in [-0.1, -0.05) is 38.1 Å². The SMILES string of the molecule is COc1cccc(Cc2nsc(NCC(C)(C)c3ccc(F)cc3)n2)c1. The fourth-order valence-corrected chi connectivity index (χ4v) is 3.24. The summed E-state index contributed by atoms with van der Waals surface area (Å²) in [4.78, 5) is 4.57. The van der Waals surface area contributed by atoms with Gasteiger partial charge in [-0.3, -0.25) is 0 Å². The monoisotopic (exact) mass is 371 g/mol. The van der Waals surface area contributed by atoms with Crippen molar-refractivity contribution >= 4 is 16.7 Å². The van der Waals surface area contributed by atoms with E-state index in [1.807, 2.05) is 36.4 Å². The molecule has 4 nitrogen and oxygen atoms in total. The van der Waals surface area contributed by atoms with Crippen molar-refractivity contribution in [3.05, 3.63) is 71.3 Å². The maximum absolute atomic E-state index is 13.1. The van der Waals surface area contributed by atoms with Crippen LogP contribution in [0.2, 0.25) is 0 Å². The molecule has 3 rings (SSSR count). The molecular weight excluding hydrogens is 349 g/mol. The van der Waals surface area contributed by atoms with Gasteiger partial charge in [-0.25, -0.2) is 9.37 Å². The average molecular weight is 371 g/mol. The van der Waals surface area contributed by atoms with E-state index in [4.69, 9.17) is 4.74 Å². The highest BCUT2D eigenvalue weighted by atomic mass is 32.1. The van der Waals surface area contributed by atoms with Crippen LogP contribution in [0.1, 0.15) is 30.8 Å². The van der Waals surface area contributed by atoms with Gasteiger partial charge in [0, 0.05) is 29.9 Å². The molecule has 0 saturated carbocycles. The summed E-state index contributed by atoms with van der Waals surface area (Å²) in [6.45, 7) is 4.92. The van der Waals surface area contributed by atoms with E-state index in [0.717, 1.165) is 27.8 Å². The van der Waals surface area contributed by atoms with Crippen LogP contribution in [-0.2, 0) is 11.8 Å². The number of hydrogen-bond donors (Lipinski definition) is 1. The standard InChI is InChI=1S/C20H22FN3OS/c1-20(2,15-7-9-16(21)10-8-15)13-22-19-23-18(24-26-19)12-14-5-4-6-17(11-14)25-3/h4-11H,12-13H2,1-3H3,(H,22,23,24). The van der Waals surface area contributed by atoms with Gasteiger partial charge in [0.05, 0.1) is 7.11 Å². The summed E-state index contributed by atoms with van der Waals surface area (Å²) in [6, 6.07) is 14.5. The lowest BCUT2D eigenvalue weighted by atomic mass is 9.85. The first-order valence-electron chi connectivity index (χ1n) is 8.42. The molecule has 0 bridgehead atoms. The van der Waals surface area contributed by atoms with E-state index in [1.54, 1.807) is 7.11 Å². The molecule has 1 aromatic heterocycles. The summed E-state index contributed by atoms with van der Waals surface area (Å²) in [5.74, 6) is 1.39. The zero-order chi connectivity index (χ0) is 18.6. The third-order valence-electron chi connectivity index (χ3n) is 4.27. The maximum Gasteiger partial charge on any atom is 0.202 e. The van der Waals surface area contributed by atoms with E-state index < -0.39 is 0 Å². The Morgan fingerprint density at radius 2 is 1.92 bits per heavy atom. The molecule has 2 aromatic carbocycles. The number of methoxy groups -OCH3 is 1.